The first kappa shape index (κ1) is 32.0. The molecule has 7 heteroatoms. The van der Waals surface area contributed by atoms with E-state index in [9.17, 15) is 0 Å². The number of rotatable bonds is 5. The molecular formula is C52H31N7. The van der Waals surface area contributed by atoms with Crippen LogP contribution in [0.4, 0.5) is 0 Å². The van der Waals surface area contributed by atoms with Crippen molar-refractivity contribution in [3.05, 3.63) is 188 Å². The number of nitrogens with zero attached hydrogens (tertiary/aromatic N) is 7. The first-order valence-corrected chi connectivity index (χ1v) is 19.8. The molecule has 0 amide bonds. The minimum atomic E-state index is 0.574. The van der Waals surface area contributed by atoms with Crippen LogP contribution in [0.2, 0.25) is 0 Å². The lowest BCUT2D eigenvalue weighted by Crippen LogP contribution is -2.06. The van der Waals surface area contributed by atoms with E-state index < -0.39 is 0 Å². The van der Waals surface area contributed by atoms with E-state index in [2.05, 4.69) is 129 Å². The van der Waals surface area contributed by atoms with Gasteiger partial charge in [-0.05, 0) is 65.4 Å². The molecule has 0 aliphatic heterocycles. The van der Waals surface area contributed by atoms with Crippen LogP contribution in [0.1, 0.15) is 0 Å². The average Bonchev–Trinajstić information content (AvgIpc) is 3.95. The first-order valence-electron chi connectivity index (χ1n) is 19.8. The number of pyridine rings is 1. The van der Waals surface area contributed by atoms with Crippen molar-refractivity contribution in [2.75, 3.05) is 0 Å². The largest absolute Gasteiger partial charge is 0.309 e. The maximum absolute atomic E-state index is 5.15. The van der Waals surface area contributed by atoms with Crippen molar-refractivity contribution >= 4 is 76.2 Å². The third-order valence-corrected chi connectivity index (χ3v) is 11.9. The number of hydrogen-bond acceptors (Lipinski definition) is 4. The highest BCUT2D eigenvalue weighted by molar-refractivity contribution is 6.33. The molecule has 0 spiro atoms. The Balaban J connectivity index is 1.10. The summed E-state index contributed by atoms with van der Waals surface area (Å²) in [6, 6.07) is 64.1. The van der Waals surface area contributed by atoms with E-state index in [4.69, 9.17) is 19.9 Å². The van der Waals surface area contributed by atoms with Crippen molar-refractivity contribution < 1.29 is 0 Å². The number of fused-ring (bicyclic) bond motifs is 7. The molecular weight excluding hydrogens is 723 g/mol. The van der Waals surface area contributed by atoms with Gasteiger partial charge in [-0.2, -0.15) is 9.97 Å². The summed E-state index contributed by atoms with van der Waals surface area (Å²) in [5.74, 6) is 2.72. The minimum absolute atomic E-state index is 0.574. The van der Waals surface area contributed by atoms with E-state index in [0.717, 1.165) is 61.0 Å². The average molecular weight is 754 g/mol. The van der Waals surface area contributed by atoms with Crippen molar-refractivity contribution in [2.45, 2.75) is 0 Å². The van der Waals surface area contributed by atoms with Crippen LogP contribution < -0.4 is 0 Å². The Morgan fingerprint density at radius 2 is 0.983 bits per heavy atom. The van der Waals surface area contributed by atoms with E-state index in [1.807, 2.05) is 72.9 Å². The van der Waals surface area contributed by atoms with Gasteiger partial charge < -0.3 is 4.57 Å². The molecule has 7 nitrogen and oxygen atoms in total. The summed E-state index contributed by atoms with van der Waals surface area (Å²) in [5, 5.41) is 9.69. The van der Waals surface area contributed by atoms with Crippen molar-refractivity contribution in [3.63, 3.8) is 0 Å². The molecule has 0 radical (unpaired) electrons. The van der Waals surface area contributed by atoms with E-state index >= 15 is 0 Å². The normalized spacial score (nSPS) is 12.1. The van der Waals surface area contributed by atoms with Gasteiger partial charge in [0.15, 0.2) is 11.6 Å². The molecule has 0 N–H and O–H groups in total. The predicted octanol–water partition coefficient (Wildman–Crippen LogP) is 12.5. The molecule has 0 saturated heterocycles. The molecule has 0 saturated carbocycles. The lowest BCUT2D eigenvalue weighted by Gasteiger charge is -2.12. The van der Waals surface area contributed by atoms with E-state index in [-0.39, 0.29) is 0 Å². The topological polar surface area (TPSA) is 66.3 Å². The van der Waals surface area contributed by atoms with Crippen LogP contribution in [-0.2, 0) is 0 Å². The summed E-state index contributed by atoms with van der Waals surface area (Å²) >= 11 is 0. The summed E-state index contributed by atoms with van der Waals surface area (Å²) in [6.45, 7) is 0. The van der Waals surface area contributed by atoms with Crippen molar-refractivity contribution in [3.8, 4) is 40.2 Å². The molecule has 8 aromatic carbocycles. The second kappa shape index (κ2) is 12.2. The third-order valence-electron chi connectivity index (χ3n) is 11.9. The minimum Gasteiger partial charge on any atom is -0.309 e. The maximum Gasteiger partial charge on any atom is 0.238 e. The molecule has 0 fully saturated rings. The standard InChI is InChI=1S/C52H31N7/c1-3-14-33(15-4-1)50-54-51(34-16-5-2-6-17-34)56-52(55-50)59-40-21-9-7-19-36(40)39-30-35(26-28-42(39)59)57-43-23-13-18-32-25-27-38-48-37-20-8-10-22-41(37)58(46-24-11-12-29-53-46)44(48)31-45(57)49(38)47(32)43/h1-31H. The van der Waals surface area contributed by atoms with E-state index in [1.54, 1.807) is 0 Å². The smallest absolute Gasteiger partial charge is 0.238 e. The number of para-hydroxylation sites is 2. The van der Waals surface area contributed by atoms with Crippen LogP contribution in [0, 0.1) is 0 Å². The van der Waals surface area contributed by atoms with Gasteiger partial charge in [-0.15, -0.1) is 0 Å². The van der Waals surface area contributed by atoms with E-state index in [1.165, 1.54) is 37.8 Å². The van der Waals surface area contributed by atoms with Gasteiger partial charge in [-0.1, -0.05) is 127 Å². The van der Waals surface area contributed by atoms with Gasteiger partial charge in [0.2, 0.25) is 5.95 Å². The van der Waals surface area contributed by atoms with Crippen LogP contribution in [0.5, 0.6) is 0 Å². The molecule has 13 rings (SSSR count). The summed E-state index contributed by atoms with van der Waals surface area (Å²) in [5.41, 5.74) is 9.58. The Labute approximate surface area is 337 Å². The number of aromatic nitrogens is 7. The molecule has 13 aromatic rings. The molecule has 5 aromatic heterocycles. The van der Waals surface area contributed by atoms with Crippen LogP contribution in [0.25, 0.3) is 116 Å². The highest BCUT2D eigenvalue weighted by Crippen LogP contribution is 2.46. The SMILES string of the molecule is c1ccc(-c2nc(-c3ccccc3)nc(-n3c4ccccc4c4cc(-n5c6cccc7ccc8c9c%10ccccc%10n(-c%10ccccn%10)c9cc5c8c76)ccc43)n2)cc1. The zero-order valence-electron chi connectivity index (χ0n) is 31.5. The van der Waals surface area contributed by atoms with Gasteiger partial charge in [-0.25, -0.2) is 9.97 Å². The van der Waals surface area contributed by atoms with Gasteiger partial charge >= 0.3 is 0 Å². The van der Waals surface area contributed by atoms with Crippen LogP contribution in [0.15, 0.2) is 188 Å². The zero-order chi connectivity index (χ0) is 38.6. The molecule has 0 bridgehead atoms. The summed E-state index contributed by atoms with van der Waals surface area (Å²) in [4.78, 5) is 20.1. The molecule has 59 heavy (non-hydrogen) atoms. The Bertz CT molecular complexity index is 3710. The predicted molar refractivity (Wildman–Crippen MR) is 240 cm³/mol. The number of hydrogen-bond donors (Lipinski definition) is 0. The zero-order valence-corrected chi connectivity index (χ0v) is 31.5. The highest BCUT2D eigenvalue weighted by Gasteiger charge is 2.24. The van der Waals surface area contributed by atoms with Crippen molar-refractivity contribution in [1.82, 2.24) is 33.6 Å². The Kier molecular flexibility index (Phi) is 6.60. The van der Waals surface area contributed by atoms with Crippen LogP contribution >= 0.6 is 0 Å². The molecule has 0 aliphatic rings. The quantitative estimate of drug-likeness (QED) is 0.164. The lowest BCUT2D eigenvalue weighted by atomic mass is 9.98. The van der Waals surface area contributed by atoms with Crippen molar-refractivity contribution in [1.29, 1.82) is 0 Å². The summed E-state index contributed by atoms with van der Waals surface area (Å²) in [7, 11) is 0. The van der Waals surface area contributed by atoms with Gasteiger partial charge in [0.05, 0.1) is 33.1 Å². The summed E-state index contributed by atoms with van der Waals surface area (Å²) in [6.07, 6.45) is 1.87. The molecule has 274 valence electrons. The fraction of sp³-hybridized carbons (Fsp3) is 0. The fourth-order valence-corrected chi connectivity index (χ4v) is 9.43. The molecule has 0 aliphatic carbocycles. The summed E-state index contributed by atoms with van der Waals surface area (Å²) < 4.78 is 6.94. The monoisotopic (exact) mass is 753 g/mol. The number of benzene rings is 8. The van der Waals surface area contributed by atoms with Crippen LogP contribution in [-0.4, -0.2) is 33.6 Å². The molecule has 5 heterocycles. The second-order valence-electron chi connectivity index (χ2n) is 15.1. The Morgan fingerprint density at radius 3 is 1.73 bits per heavy atom. The van der Waals surface area contributed by atoms with E-state index in [0.29, 0.717) is 17.6 Å². The Hall–Kier alpha value is -8.16. The second-order valence-corrected chi connectivity index (χ2v) is 15.1. The third kappa shape index (κ3) is 4.58. The Morgan fingerprint density at radius 1 is 0.339 bits per heavy atom. The highest BCUT2D eigenvalue weighted by atomic mass is 15.2. The molecule has 0 atom stereocenters. The first-order chi connectivity index (χ1) is 29.3. The van der Waals surface area contributed by atoms with Gasteiger partial charge in [0.25, 0.3) is 0 Å². The van der Waals surface area contributed by atoms with Gasteiger partial charge in [0, 0.05) is 55.3 Å². The maximum atomic E-state index is 5.15. The van der Waals surface area contributed by atoms with Gasteiger partial charge in [0.1, 0.15) is 5.82 Å². The lowest BCUT2D eigenvalue weighted by molar-refractivity contribution is 0.953. The molecule has 0 unspecified atom stereocenters. The van der Waals surface area contributed by atoms with Gasteiger partial charge in [-0.3, -0.25) is 9.13 Å². The van der Waals surface area contributed by atoms with Crippen molar-refractivity contribution in [2.24, 2.45) is 0 Å². The fourth-order valence-electron chi connectivity index (χ4n) is 9.43. The van der Waals surface area contributed by atoms with Crippen LogP contribution in [0.3, 0.4) is 0 Å².